The van der Waals surface area contributed by atoms with E-state index in [2.05, 4.69) is 22.2 Å². The van der Waals surface area contributed by atoms with E-state index < -0.39 is 9.84 Å². The van der Waals surface area contributed by atoms with Gasteiger partial charge in [0.15, 0.2) is 9.84 Å². The van der Waals surface area contributed by atoms with Crippen LogP contribution in [0.3, 0.4) is 0 Å². The van der Waals surface area contributed by atoms with Crippen LogP contribution < -0.4 is 16.4 Å². The number of amides is 1. The summed E-state index contributed by atoms with van der Waals surface area (Å²) in [6.45, 7) is 3.87. The average Bonchev–Trinajstić information content (AvgIpc) is 3.25. The number of fused-ring (bicyclic) bond motifs is 1. The Hall–Kier alpha value is -3.21. The van der Waals surface area contributed by atoms with Crippen molar-refractivity contribution in [1.29, 1.82) is 0 Å². The van der Waals surface area contributed by atoms with E-state index in [1.54, 1.807) is 24.4 Å². The third kappa shape index (κ3) is 6.08. The zero-order valence-corrected chi connectivity index (χ0v) is 21.0. The van der Waals surface area contributed by atoms with Gasteiger partial charge < -0.3 is 21.5 Å². The van der Waals surface area contributed by atoms with Crippen LogP contribution in [-0.4, -0.2) is 44.0 Å². The molecule has 0 radical (unpaired) electrons. The highest BCUT2D eigenvalue weighted by molar-refractivity contribution is 7.90. The number of aliphatic imine (C=N–C) groups is 1. The van der Waals surface area contributed by atoms with Crippen LogP contribution in [0.1, 0.15) is 40.9 Å². The number of aliphatic hydroxyl groups excluding tert-OH is 1. The van der Waals surface area contributed by atoms with Crippen LogP contribution in [0.25, 0.3) is 10.1 Å². The Bertz CT molecular complexity index is 1400. The molecule has 1 aliphatic rings. The van der Waals surface area contributed by atoms with Gasteiger partial charge in [-0.1, -0.05) is 12.6 Å². The van der Waals surface area contributed by atoms with Gasteiger partial charge in [-0.05, 0) is 62.1 Å². The third-order valence-corrected chi connectivity index (χ3v) is 8.15. The number of rotatable bonds is 7. The lowest BCUT2D eigenvalue weighted by molar-refractivity contribution is 0.0871. The highest BCUT2D eigenvalue weighted by Gasteiger charge is 2.22. The molecule has 0 spiro atoms. The first-order chi connectivity index (χ1) is 16.6. The van der Waals surface area contributed by atoms with Crippen molar-refractivity contribution in [2.45, 2.75) is 42.7 Å². The zero-order valence-electron chi connectivity index (χ0n) is 19.3. The molecule has 0 saturated heterocycles. The number of nitrogens with zero attached hydrogens (tertiary/aromatic N) is 1. The van der Waals surface area contributed by atoms with Crippen LogP contribution in [0.2, 0.25) is 0 Å². The van der Waals surface area contributed by atoms with E-state index in [4.69, 9.17) is 5.73 Å². The fraction of sp³-hybridized carbons (Fsp3) is 0.280. The first kappa shape index (κ1) is 24.9. The van der Waals surface area contributed by atoms with Crippen LogP contribution in [0.4, 0.5) is 11.4 Å². The molecule has 8 nitrogen and oxygen atoms in total. The van der Waals surface area contributed by atoms with Crippen molar-refractivity contribution < 1.29 is 18.3 Å². The van der Waals surface area contributed by atoms with Gasteiger partial charge in [0.05, 0.1) is 15.9 Å². The average molecular weight is 513 g/mol. The summed E-state index contributed by atoms with van der Waals surface area (Å²) in [7, 11) is -3.32. The van der Waals surface area contributed by atoms with Crippen molar-refractivity contribution in [3.8, 4) is 0 Å². The topological polar surface area (TPSA) is 134 Å². The number of anilines is 2. The Morgan fingerprint density at radius 3 is 2.66 bits per heavy atom. The molecule has 3 aromatic rings. The number of nitrogens with two attached hydrogens (primary N) is 1. The monoisotopic (exact) mass is 512 g/mol. The largest absolute Gasteiger partial charge is 0.398 e. The molecular weight excluding hydrogens is 484 g/mol. The molecular formula is C25H28N4O4S2. The zero-order chi connectivity index (χ0) is 25.2. The Labute approximate surface area is 208 Å². The van der Waals surface area contributed by atoms with E-state index in [1.807, 2.05) is 12.1 Å². The second-order valence-corrected chi connectivity index (χ2v) is 11.8. The number of thiophene rings is 1. The first-order valence-corrected chi connectivity index (χ1v) is 13.9. The van der Waals surface area contributed by atoms with Crippen LogP contribution in [-0.2, 0) is 9.84 Å². The fourth-order valence-corrected chi connectivity index (χ4v) is 5.65. The van der Waals surface area contributed by atoms with Gasteiger partial charge in [-0.3, -0.25) is 4.79 Å². The number of carbonyl (C=O) groups excluding carboxylic acids is 1. The predicted octanol–water partition coefficient (Wildman–Crippen LogP) is 3.92. The molecule has 35 heavy (non-hydrogen) atoms. The number of aliphatic hydroxyl groups is 1. The first-order valence-electron chi connectivity index (χ1n) is 11.2. The van der Waals surface area contributed by atoms with Crippen LogP contribution in [0.5, 0.6) is 0 Å². The molecule has 2 aromatic carbocycles. The lowest BCUT2D eigenvalue weighted by Crippen LogP contribution is -2.38. The van der Waals surface area contributed by atoms with E-state index in [9.17, 15) is 18.3 Å². The Balaban J connectivity index is 1.46. The van der Waals surface area contributed by atoms with Crippen LogP contribution >= 0.6 is 11.3 Å². The van der Waals surface area contributed by atoms with Gasteiger partial charge in [0.1, 0.15) is 5.82 Å². The van der Waals surface area contributed by atoms with Crippen molar-refractivity contribution in [3.63, 3.8) is 0 Å². The minimum atomic E-state index is -3.32. The number of nitrogens with one attached hydrogen (secondary N) is 2. The summed E-state index contributed by atoms with van der Waals surface area (Å²) in [6, 6.07) is 12.0. The molecule has 0 aliphatic heterocycles. The number of hydrogen-bond acceptors (Lipinski definition) is 8. The van der Waals surface area contributed by atoms with E-state index in [0.29, 0.717) is 40.5 Å². The molecule has 1 aromatic heterocycles. The van der Waals surface area contributed by atoms with Crippen molar-refractivity contribution >= 4 is 54.8 Å². The molecule has 1 fully saturated rings. The molecule has 1 heterocycles. The van der Waals surface area contributed by atoms with Gasteiger partial charge >= 0.3 is 0 Å². The third-order valence-electron chi connectivity index (χ3n) is 5.94. The van der Waals surface area contributed by atoms with E-state index in [1.165, 1.54) is 23.5 Å². The molecule has 0 atom stereocenters. The smallest absolute Gasteiger partial charge is 0.261 e. The summed E-state index contributed by atoms with van der Waals surface area (Å²) in [5, 5.41) is 16.5. The molecule has 1 aliphatic carbocycles. The maximum atomic E-state index is 12.7. The molecule has 1 amide bonds. The second kappa shape index (κ2) is 10.2. The quantitative estimate of drug-likeness (QED) is 0.280. The maximum absolute atomic E-state index is 12.7. The minimum Gasteiger partial charge on any atom is -0.398 e. The highest BCUT2D eigenvalue weighted by Crippen LogP contribution is 2.32. The highest BCUT2D eigenvalue weighted by atomic mass is 32.2. The fourth-order valence-electron chi connectivity index (χ4n) is 4.00. The summed E-state index contributed by atoms with van der Waals surface area (Å²) in [5.74, 6) is 0.189. The SMILES string of the molecule is C=C(N=Cc1ccc2sc(C(=O)NC3CCC(O)CC3)cc2c1N)Nc1cccc(S(C)(=O)=O)c1. The summed E-state index contributed by atoms with van der Waals surface area (Å²) < 4.78 is 24.4. The lowest BCUT2D eigenvalue weighted by atomic mass is 9.93. The van der Waals surface area contributed by atoms with Crippen molar-refractivity contribution in [3.05, 3.63) is 65.3 Å². The molecule has 0 bridgehead atoms. The van der Waals surface area contributed by atoms with Gasteiger partial charge in [0.2, 0.25) is 0 Å². The lowest BCUT2D eigenvalue weighted by Gasteiger charge is -2.25. The standard InChI is InChI=1S/C25H28N4O4S2/c1-15(28-18-4-3-5-20(12-18)35(2,32)33)27-14-16-6-11-22-21(24(16)26)13-23(34-22)25(31)29-17-7-9-19(30)10-8-17/h3-6,11-14,17,19,28,30H,1,7-10,26H2,2H3,(H,29,31). The van der Waals surface area contributed by atoms with Gasteiger partial charge in [-0.15, -0.1) is 11.3 Å². The normalized spacial score (nSPS) is 18.6. The van der Waals surface area contributed by atoms with Crippen molar-refractivity contribution in [1.82, 2.24) is 5.32 Å². The molecule has 10 heteroatoms. The number of carbonyl (C=O) groups is 1. The number of hydrogen-bond donors (Lipinski definition) is 4. The summed E-state index contributed by atoms with van der Waals surface area (Å²) in [5.41, 5.74) is 8.12. The molecule has 1 saturated carbocycles. The van der Waals surface area contributed by atoms with Gasteiger partial charge in [-0.2, -0.15) is 0 Å². The summed E-state index contributed by atoms with van der Waals surface area (Å²) >= 11 is 1.38. The van der Waals surface area contributed by atoms with E-state index >= 15 is 0 Å². The van der Waals surface area contributed by atoms with E-state index in [-0.39, 0.29) is 22.9 Å². The second-order valence-electron chi connectivity index (χ2n) is 8.70. The van der Waals surface area contributed by atoms with Crippen LogP contribution in [0.15, 0.2) is 64.8 Å². The Kier molecular flexibility index (Phi) is 7.25. The molecule has 4 rings (SSSR count). The summed E-state index contributed by atoms with van der Waals surface area (Å²) in [4.78, 5) is 17.9. The molecule has 5 N–H and O–H groups in total. The Morgan fingerprint density at radius 2 is 1.94 bits per heavy atom. The molecule has 0 unspecified atom stereocenters. The number of benzene rings is 2. The van der Waals surface area contributed by atoms with E-state index in [0.717, 1.165) is 29.2 Å². The van der Waals surface area contributed by atoms with Crippen molar-refractivity contribution in [2.24, 2.45) is 4.99 Å². The summed E-state index contributed by atoms with van der Waals surface area (Å²) in [6.07, 6.45) is 5.42. The predicted molar refractivity (Wildman–Crippen MR) is 142 cm³/mol. The van der Waals surface area contributed by atoms with Crippen molar-refractivity contribution in [2.75, 3.05) is 17.3 Å². The van der Waals surface area contributed by atoms with Gasteiger partial charge in [0, 0.05) is 45.5 Å². The van der Waals surface area contributed by atoms with Gasteiger partial charge in [-0.25, -0.2) is 13.4 Å². The van der Waals surface area contributed by atoms with Gasteiger partial charge in [0.25, 0.3) is 5.91 Å². The number of nitrogen functional groups attached to an aromatic ring is 1. The number of sulfone groups is 1. The van der Waals surface area contributed by atoms with Crippen LogP contribution in [0, 0.1) is 0 Å². The Morgan fingerprint density at radius 1 is 1.20 bits per heavy atom. The minimum absolute atomic E-state index is 0.0767. The molecule has 184 valence electrons. The maximum Gasteiger partial charge on any atom is 0.261 e.